The second-order valence-corrected chi connectivity index (χ2v) is 7.10. The van der Waals surface area contributed by atoms with Gasteiger partial charge in [0.05, 0.1) is 7.98 Å². The van der Waals surface area contributed by atoms with Crippen LogP contribution in [0.15, 0.2) is 58.7 Å². The lowest BCUT2D eigenvalue weighted by Gasteiger charge is -2.32. The number of carbonyl (C=O) groups excluding carboxylic acids is 1. The lowest BCUT2D eigenvalue weighted by atomic mass is 9.72. The minimum absolute atomic E-state index is 0.220. The Kier molecular flexibility index (Phi) is 7.30. The van der Waals surface area contributed by atoms with Crippen LogP contribution in [0.4, 0.5) is 0 Å². The predicted octanol–water partition coefficient (Wildman–Crippen LogP) is 6.08. The van der Waals surface area contributed by atoms with Crippen LogP contribution in [0.2, 0.25) is 0 Å². The van der Waals surface area contributed by atoms with Gasteiger partial charge in [0.1, 0.15) is 0 Å². The molecular formula is C22H32O2. The summed E-state index contributed by atoms with van der Waals surface area (Å²) < 4.78 is 12.9. The summed E-state index contributed by atoms with van der Waals surface area (Å²) in [7, 11) is 0. The van der Waals surface area contributed by atoms with E-state index in [4.69, 9.17) is 6.11 Å². The Hall–Kier alpha value is -1.83. The summed E-state index contributed by atoms with van der Waals surface area (Å²) >= 11 is 0. The Bertz CT molecular complexity index is 643. The second-order valence-electron chi connectivity index (χ2n) is 7.10. The minimum Gasteiger partial charge on any atom is -0.463 e. The first-order chi connectivity index (χ1) is 11.7. The zero-order chi connectivity index (χ0) is 19.0. The highest BCUT2D eigenvalue weighted by Gasteiger charge is 2.26. The Morgan fingerprint density at radius 3 is 2.62 bits per heavy atom. The van der Waals surface area contributed by atoms with E-state index in [0.717, 1.165) is 5.57 Å². The van der Waals surface area contributed by atoms with Crippen molar-refractivity contribution in [3.63, 3.8) is 0 Å². The average molecular weight is 331 g/mol. The summed E-state index contributed by atoms with van der Waals surface area (Å²) in [6.07, 6.45) is 12.8. The number of ether oxygens (including phenoxy) is 1. The third-order valence-electron chi connectivity index (χ3n) is 4.31. The normalized spacial score (nSPS) is 20.4. The Balaban J connectivity index is 2.87. The number of esters is 1. The maximum Gasteiger partial charge on any atom is 0.330 e. The van der Waals surface area contributed by atoms with E-state index in [2.05, 4.69) is 32.9 Å². The molecule has 0 heterocycles. The van der Waals surface area contributed by atoms with Crippen molar-refractivity contribution in [1.82, 2.24) is 0 Å². The molecule has 0 atom stereocenters. The molecule has 1 aliphatic carbocycles. The molecule has 1 aliphatic rings. The molecule has 0 unspecified atom stereocenters. The van der Waals surface area contributed by atoms with Crippen molar-refractivity contribution in [2.75, 3.05) is 6.61 Å². The van der Waals surface area contributed by atoms with Crippen LogP contribution in [-0.2, 0) is 9.53 Å². The van der Waals surface area contributed by atoms with Crippen molar-refractivity contribution in [2.45, 2.75) is 60.8 Å². The quantitative estimate of drug-likeness (QED) is 0.335. The molecule has 0 saturated carbocycles. The molecule has 0 aromatic carbocycles. The number of hydrogen-bond donors (Lipinski definition) is 0. The summed E-state index contributed by atoms with van der Waals surface area (Å²) in [6.45, 7) is 12.7. The molecule has 0 aromatic heterocycles. The standard InChI is InChI=1S/C22H32O2/c1-7-24-21(23)16-18(3)11-8-10-17(2)13-14-20-19(4)12-9-15-22(20,5)6/h8,10-11,13-14,16H,7,9,12,15H2,1-6H3/b11-8+,14-13+,17-10-,18-16+/i8T. The largest absolute Gasteiger partial charge is 0.463 e. The molecule has 0 spiro atoms. The topological polar surface area (TPSA) is 26.3 Å². The molecule has 0 aromatic rings. The maximum absolute atomic E-state index is 11.4. The molecule has 0 radical (unpaired) electrons. The van der Waals surface area contributed by atoms with Crippen molar-refractivity contribution >= 4 is 5.97 Å². The summed E-state index contributed by atoms with van der Waals surface area (Å²) in [5.41, 5.74) is 4.84. The maximum atomic E-state index is 11.4. The van der Waals surface area contributed by atoms with Crippen LogP contribution < -0.4 is 0 Å². The Labute approximate surface area is 149 Å². The van der Waals surface area contributed by atoms with Gasteiger partial charge in [0.25, 0.3) is 0 Å². The van der Waals surface area contributed by atoms with Crippen LogP contribution >= 0.6 is 0 Å². The fourth-order valence-electron chi connectivity index (χ4n) is 2.99. The molecule has 0 fully saturated rings. The van der Waals surface area contributed by atoms with Gasteiger partial charge in [-0.3, -0.25) is 0 Å². The first kappa shape index (κ1) is 18.5. The summed E-state index contributed by atoms with van der Waals surface area (Å²) in [5, 5.41) is 0. The fourth-order valence-corrected chi connectivity index (χ4v) is 2.99. The van der Waals surface area contributed by atoms with Crippen LogP contribution in [0.5, 0.6) is 0 Å². The van der Waals surface area contributed by atoms with Gasteiger partial charge < -0.3 is 4.74 Å². The first-order valence-electron chi connectivity index (χ1n) is 9.25. The molecule has 0 amide bonds. The predicted molar refractivity (Wildman–Crippen MR) is 103 cm³/mol. The van der Waals surface area contributed by atoms with E-state index in [-0.39, 0.29) is 11.4 Å². The van der Waals surface area contributed by atoms with Gasteiger partial charge in [-0.1, -0.05) is 55.3 Å². The number of rotatable bonds is 6. The van der Waals surface area contributed by atoms with Crippen LogP contribution in [0.3, 0.4) is 0 Å². The SMILES string of the molecule is [3H]C(/C=C(C)\C=C\C1=C(C)CCCC1(C)C)=C\C(C)=C\C(=O)OCC. The smallest absolute Gasteiger partial charge is 0.330 e. The van der Waals surface area contributed by atoms with E-state index < -0.39 is 0 Å². The number of allylic oxidation sites excluding steroid dienone is 9. The van der Waals surface area contributed by atoms with Crippen molar-refractivity contribution in [3.05, 3.63) is 58.7 Å². The zero-order valence-corrected chi connectivity index (χ0v) is 16.0. The molecule has 1 rings (SSSR count). The lowest BCUT2D eigenvalue weighted by molar-refractivity contribution is -0.137. The van der Waals surface area contributed by atoms with Crippen LogP contribution in [0, 0.1) is 5.41 Å². The van der Waals surface area contributed by atoms with Crippen molar-refractivity contribution < 1.29 is 10.9 Å². The number of carbonyl (C=O) groups is 1. The fraction of sp³-hybridized carbons (Fsp3) is 0.500. The molecule has 0 bridgehead atoms. The summed E-state index contributed by atoms with van der Waals surface area (Å²) in [4.78, 5) is 11.4. The summed E-state index contributed by atoms with van der Waals surface area (Å²) in [5.74, 6) is -0.369. The molecule has 2 heteroatoms. The Morgan fingerprint density at radius 2 is 2.00 bits per heavy atom. The molecule has 132 valence electrons. The third-order valence-corrected chi connectivity index (χ3v) is 4.31. The van der Waals surface area contributed by atoms with Crippen LogP contribution in [-0.4, -0.2) is 12.6 Å². The van der Waals surface area contributed by atoms with Crippen molar-refractivity contribution in [3.8, 4) is 0 Å². The summed E-state index contributed by atoms with van der Waals surface area (Å²) in [6, 6.07) is 0.369. The van der Waals surface area contributed by atoms with Gasteiger partial charge in [-0.2, -0.15) is 0 Å². The second kappa shape index (κ2) is 9.46. The highest BCUT2D eigenvalue weighted by atomic mass is 16.5. The van der Waals surface area contributed by atoms with E-state index >= 15 is 0 Å². The molecule has 0 saturated heterocycles. The monoisotopic (exact) mass is 330 g/mol. The Morgan fingerprint density at radius 1 is 1.29 bits per heavy atom. The molecule has 0 aliphatic heterocycles. The van der Waals surface area contributed by atoms with E-state index in [0.29, 0.717) is 18.2 Å². The van der Waals surface area contributed by atoms with Gasteiger partial charge in [-0.05, 0) is 63.5 Å². The van der Waals surface area contributed by atoms with Crippen molar-refractivity contribution in [1.29, 1.82) is 0 Å². The van der Waals surface area contributed by atoms with E-state index in [9.17, 15) is 4.79 Å². The molecule has 0 N–H and O–H groups in total. The minimum atomic E-state index is -0.369. The third kappa shape index (κ3) is 6.74. The van der Waals surface area contributed by atoms with Gasteiger partial charge >= 0.3 is 5.97 Å². The zero-order valence-electron chi connectivity index (χ0n) is 17.0. The highest BCUT2D eigenvalue weighted by Crippen LogP contribution is 2.40. The van der Waals surface area contributed by atoms with E-state index in [1.807, 2.05) is 13.0 Å². The van der Waals surface area contributed by atoms with Gasteiger partial charge in [0.15, 0.2) is 0 Å². The van der Waals surface area contributed by atoms with Gasteiger partial charge in [-0.25, -0.2) is 4.79 Å². The molecular weight excluding hydrogens is 296 g/mol. The van der Waals surface area contributed by atoms with Gasteiger partial charge in [0, 0.05) is 6.08 Å². The first-order valence-corrected chi connectivity index (χ1v) is 8.75. The average Bonchev–Trinajstić information content (AvgIpc) is 2.45. The number of hydrogen-bond acceptors (Lipinski definition) is 2. The van der Waals surface area contributed by atoms with Crippen molar-refractivity contribution in [2.24, 2.45) is 5.41 Å². The molecule has 2 nitrogen and oxygen atoms in total. The van der Waals surface area contributed by atoms with Crippen LogP contribution in [0.1, 0.15) is 62.2 Å². The van der Waals surface area contributed by atoms with E-state index in [1.165, 1.54) is 36.5 Å². The highest BCUT2D eigenvalue weighted by molar-refractivity contribution is 5.83. The molecule has 24 heavy (non-hydrogen) atoms. The lowest BCUT2D eigenvalue weighted by Crippen LogP contribution is -2.19. The van der Waals surface area contributed by atoms with E-state index in [1.54, 1.807) is 19.9 Å². The van der Waals surface area contributed by atoms with Crippen LogP contribution in [0.25, 0.3) is 0 Å². The van der Waals surface area contributed by atoms with Gasteiger partial charge in [-0.15, -0.1) is 0 Å². The van der Waals surface area contributed by atoms with Gasteiger partial charge in [0.2, 0.25) is 0 Å².